The van der Waals surface area contributed by atoms with Gasteiger partial charge in [-0.15, -0.1) is 0 Å². The fourth-order valence-corrected chi connectivity index (χ4v) is 1.85. The number of aliphatic hydroxyl groups excluding tert-OH is 1. The summed E-state index contributed by atoms with van der Waals surface area (Å²) in [7, 11) is 0. The highest BCUT2D eigenvalue weighted by Crippen LogP contribution is 2.29. The number of anilines is 3. The lowest BCUT2D eigenvalue weighted by atomic mass is 10.1. The Labute approximate surface area is 110 Å². The van der Waals surface area contributed by atoms with Gasteiger partial charge >= 0.3 is 0 Å². The van der Waals surface area contributed by atoms with Gasteiger partial charge in [0.25, 0.3) is 0 Å². The number of nitrogens with one attached hydrogen (secondary N) is 2. The molecule has 7 nitrogen and oxygen atoms in total. The van der Waals surface area contributed by atoms with Crippen molar-refractivity contribution in [2.75, 3.05) is 23.4 Å². The van der Waals surface area contributed by atoms with Gasteiger partial charge in [-0.2, -0.15) is 5.10 Å². The summed E-state index contributed by atoms with van der Waals surface area (Å²) in [5.74, 6) is 0.456. The summed E-state index contributed by atoms with van der Waals surface area (Å²) in [5, 5.41) is 28.4. The Morgan fingerprint density at radius 2 is 2.16 bits per heavy atom. The number of hydrogen-bond acceptors (Lipinski definition) is 6. The lowest BCUT2D eigenvalue weighted by Gasteiger charge is -2.18. The quantitative estimate of drug-likeness (QED) is 0.473. The molecule has 1 heterocycles. The van der Waals surface area contributed by atoms with Crippen molar-refractivity contribution in [2.24, 2.45) is 0 Å². The van der Waals surface area contributed by atoms with Gasteiger partial charge in [0, 0.05) is 18.4 Å². The summed E-state index contributed by atoms with van der Waals surface area (Å²) in [6.07, 6.45) is 0.421. The van der Waals surface area contributed by atoms with E-state index in [1.165, 1.54) is 0 Å². The summed E-state index contributed by atoms with van der Waals surface area (Å²) >= 11 is 0. The lowest BCUT2D eigenvalue weighted by molar-refractivity contribution is 0.279. The molecule has 0 aliphatic carbocycles. The van der Waals surface area contributed by atoms with Crippen molar-refractivity contribution in [3.8, 4) is 5.75 Å². The van der Waals surface area contributed by atoms with E-state index in [1.807, 2.05) is 0 Å². The maximum Gasteiger partial charge on any atom is 0.142 e. The first-order valence-corrected chi connectivity index (χ1v) is 5.87. The molecule has 0 saturated carbocycles. The Bertz CT molecular complexity index is 555. The van der Waals surface area contributed by atoms with Gasteiger partial charge in [0.15, 0.2) is 0 Å². The van der Waals surface area contributed by atoms with Crippen LogP contribution in [-0.4, -0.2) is 27.0 Å². The molecule has 0 amide bonds. The third-order valence-corrected chi connectivity index (χ3v) is 2.80. The molecular weight excluding hydrogens is 246 g/mol. The summed E-state index contributed by atoms with van der Waals surface area (Å²) in [6.45, 7) is -0.0251. The molecule has 0 fully saturated rings. The van der Waals surface area contributed by atoms with Crippen LogP contribution in [0.4, 0.5) is 17.2 Å². The number of aromatic nitrogens is 2. The monoisotopic (exact) mass is 263 g/mol. The third-order valence-electron chi connectivity index (χ3n) is 2.80. The molecule has 1 aromatic carbocycles. The molecule has 2 rings (SSSR count). The van der Waals surface area contributed by atoms with Gasteiger partial charge in [-0.05, 0) is 18.6 Å². The molecule has 0 aliphatic heterocycles. The van der Waals surface area contributed by atoms with E-state index in [0.717, 1.165) is 0 Å². The average molecular weight is 263 g/mol. The molecule has 19 heavy (non-hydrogen) atoms. The van der Waals surface area contributed by atoms with Crippen molar-refractivity contribution < 1.29 is 10.2 Å². The van der Waals surface area contributed by atoms with E-state index in [-0.39, 0.29) is 18.4 Å². The van der Waals surface area contributed by atoms with Gasteiger partial charge in [-0.3, -0.25) is 5.10 Å². The predicted octanol–water partition coefficient (Wildman–Crippen LogP) is 0.815. The van der Waals surface area contributed by atoms with E-state index >= 15 is 0 Å². The number of benzene rings is 1. The smallest absolute Gasteiger partial charge is 0.142 e. The molecule has 8 N–H and O–H groups in total. The highest BCUT2D eigenvalue weighted by atomic mass is 16.3. The average Bonchev–Trinajstić information content (AvgIpc) is 2.70. The highest BCUT2D eigenvalue weighted by Gasteiger charge is 2.19. The first kappa shape index (κ1) is 13.0. The van der Waals surface area contributed by atoms with E-state index in [9.17, 15) is 5.11 Å². The number of nitrogens with two attached hydrogens (primary N) is 2. The minimum Gasteiger partial charge on any atom is -0.508 e. The van der Waals surface area contributed by atoms with Crippen LogP contribution in [0.15, 0.2) is 24.3 Å². The molecule has 102 valence electrons. The zero-order chi connectivity index (χ0) is 13.8. The Kier molecular flexibility index (Phi) is 3.76. The maximum absolute atomic E-state index is 9.43. The van der Waals surface area contributed by atoms with E-state index < -0.39 is 0 Å². The highest BCUT2D eigenvalue weighted by molar-refractivity contribution is 5.63. The number of aromatic amines is 1. The zero-order valence-electron chi connectivity index (χ0n) is 10.3. The van der Waals surface area contributed by atoms with Gasteiger partial charge in [-0.1, -0.05) is 6.07 Å². The number of nitrogens with zero attached hydrogens (tertiary/aromatic N) is 1. The third kappa shape index (κ3) is 2.89. The molecule has 1 unspecified atom stereocenters. The number of rotatable bonds is 5. The lowest BCUT2D eigenvalue weighted by Crippen LogP contribution is -2.14. The van der Waals surface area contributed by atoms with Crippen LogP contribution in [0, 0.1) is 0 Å². The van der Waals surface area contributed by atoms with Crippen LogP contribution >= 0.6 is 0 Å². The molecular formula is C12H17N5O2. The van der Waals surface area contributed by atoms with Gasteiger partial charge in [-0.25, -0.2) is 0 Å². The van der Waals surface area contributed by atoms with Crippen molar-refractivity contribution in [1.82, 2.24) is 10.2 Å². The summed E-state index contributed by atoms with van der Waals surface area (Å²) in [6, 6.07) is 6.39. The van der Waals surface area contributed by atoms with Crippen LogP contribution in [-0.2, 0) is 0 Å². The van der Waals surface area contributed by atoms with Crippen molar-refractivity contribution >= 4 is 17.2 Å². The Balaban J connectivity index is 2.23. The van der Waals surface area contributed by atoms with Gasteiger partial charge < -0.3 is 27.0 Å². The molecule has 0 radical (unpaired) electrons. The van der Waals surface area contributed by atoms with Crippen molar-refractivity contribution in [2.45, 2.75) is 12.5 Å². The molecule has 0 aliphatic rings. The normalized spacial score (nSPS) is 12.3. The number of H-pyrrole nitrogens is 1. The topological polar surface area (TPSA) is 133 Å². The zero-order valence-corrected chi connectivity index (χ0v) is 10.3. The Morgan fingerprint density at radius 3 is 2.74 bits per heavy atom. The molecule has 2 aromatic rings. The van der Waals surface area contributed by atoms with Crippen LogP contribution in [0.2, 0.25) is 0 Å². The number of phenols is 1. The van der Waals surface area contributed by atoms with Crippen molar-refractivity contribution in [3.63, 3.8) is 0 Å². The Hall–Kier alpha value is -2.41. The SMILES string of the molecule is Nc1[nH]nc(C(CCO)Nc2cccc(O)c2)c1N. The molecule has 1 atom stereocenters. The van der Waals surface area contributed by atoms with Gasteiger partial charge in [0.2, 0.25) is 0 Å². The Morgan fingerprint density at radius 1 is 1.37 bits per heavy atom. The summed E-state index contributed by atoms with van der Waals surface area (Å²) < 4.78 is 0. The van der Waals surface area contributed by atoms with Crippen molar-refractivity contribution in [1.29, 1.82) is 0 Å². The summed E-state index contributed by atoms with van der Waals surface area (Å²) in [5.41, 5.74) is 13.1. The van der Waals surface area contributed by atoms with Gasteiger partial charge in [0.05, 0.1) is 11.7 Å². The number of hydrogen-bond donors (Lipinski definition) is 6. The fraction of sp³-hybridized carbons (Fsp3) is 0.250. The maximum atomic E-state index is 9.43. The fourth-order valence-electron chi connectivity index (χ4n) is 1.85. The minimum absolute atomic E-state index is 0.0251. The largest absolute Gasteiger partial charge is 0.508 e. The first-order chi connectivity index (χ1) is 9.11. The minimum atomic E-state index is -0.291. The molecule has 0 saturated heterocycles. The van der Waals surface area contributed by atoms with E-state index in [0.29, 0.717) is 29.3 Å². The predicted molar refractivity (Wildman–Crippen MR) is 73.6 cm³/mol. The van der Waals surface area contributed by atoms with Crippen LogP contribution in [0.1, 0.15) is 18.2 Å². The van der Waals surface area contributed by atoms with E-state index in [4.69, 9.17) is 16.6 Å². The first-order valence-electron chi connectivity index (χ1n) is 5.87. The molecule has 1 aromatic heterocycles. The molecule has 7 heteroatoms. The van der Waals surface area contributed by atoms with Crippen LogP contribution in [0.5, 0.6) is 5.75 Å². The molecule has 0 spiro atoms. The number of nitrogen functional groups attached to an aromatic ring is 2. The second kappa shape index (κ2) is 5.49. The van der Waals surface area contributed by atoms with E-state index in [1.54, 1.807) is 24.3 Å². The second-order valence-electron chi connectivity index (χ2n) is 4.20. The molecule has 0 bridgehead atoms. The van der Waals surface area contributed by atoms with Crippen molar-refractivity contribution in [3.05, 3.63) is 30.0 Å². The second-order valence-corrected chi connectivity index (χ2v) is 4.20. The number of phenolic OH excluding ortho intramolecular Hbond substituents is 1. The van der Waals surface area contributed by atoms with Crippen LogP contribution < -0.4 is 16.8 Å². The van der Waals surface area contributed by atoms with Crippen LogP contribution in [0.3, 0.4) is 0 Å². The van der Waals surface area contributed by atoms with E-state index in [2.05, 4.69) is 15.5 Å². The van der Waals surface area contributed by atoms with Crippen LogP contribution in [0.25, 0.3) is 0 Å². The number of aromatic hydroxyl groups is 1. The standard InChI is InChI=1S/C12H17N5O2/c13-10-11(16-17-12(10)14)9(4-5-18)15-7-2-1-3-8(19)6-7/h1-3,6,9,15,18-19H,4-5,13H2,(H3,14,16,17). The summed E-state index contributed by atoms with van der Waals surface area (Å²) in [4.78, 5) is 0. The number of aliphatic hydroxyl groups is 1. The van der Waals surface area contributed by atoms with Gasteiger partial charge in [0.1, 0.15) is 17.3 Å².